The second-order valence-electron chi connectivity index (χ2n) is 5.22. The maximum Gasteiger partial charge on any atom is 0.132 e. The van der Waals surface area contributed by atoms with Crippen molar-refractivity contribution in [3.63, 3.8) is 0 Å². The predicted molar refractivity (Wildman–Crippen MR) is 68.3 cm³/mol. The van der Waals surface area contributed by atoms with Gasteiger partial charge in [0.1, 0.15) is 12.1 Å². The molecule has 4 heteroatoms. The SMILES string of the molecule is CN1CCN(c2cc(C3CCC3)ncn2)CC1. The lowest BCUT2D eigenvalue weighted by molar-refractivity contribution is 0.312. The van der Waals surface area contributed by atoms with Crippen LogP contribution in [-0.2, 0) is 0 Å². The molecule has 4 nitrogen and oxygen atoms in total. The molecule has 0 N–H and O–H groups in total. The smallest absolute Gasteiger partial charge is 0.132 e. The number of rotatable bonds is 2. The van der Waals surface area contributed by atoms with Gasteiger partial charge in [-0.3, -0.25) is 0 Å². The fourth-order valence-electron chi connectivity index (χ4n) is 2.50. The lowest BCUT2D eigenvalue weighted by Gasteiger charge is -2.33. The molecule has 1 aliphatic carbocycles. The van der Waals surface area contributed by atoms with Crippen molar-refractivity contribution in [1.82, 2.24) is 14.9 Å². The van der Waals surface area contributed by atoms with E-state index < -0.39 is 0 Å². The van der Waals surface area contributed by atoms with Crippen molar-refractivity contribution in [2.75, 3.05) is 38.1 Å². The van der Waals surface area contributed by atoms with Crippen LogP contribution in [-0.4, -0.2) is 48.1 Å². The molecule has 1 aliphatic heterocycles. The van der Waals surface area contributed by atoms with Gasteiger partial charge in [0.15, 0.2) is 0 Å². The third kappa shape index (κ3) is 2.27. The van der Waals surface area contributed by atoms with Crippen LogP contribution in [0.15, 0.2) is 12.4 Å². The van der Waals surface area contributed by atoms with Crippen LogP contribution < -0.4 is 4.90 Å². The Morgan fingerprint density at radius 2 is 1.88 bits per heavy atom. The zero-order valence-electron chi connectivity index (χ0n) is 10.5. The Balaban J connectivity index is 1.73. The Kier molecular flexibility index (Phi) is 2.97. The van der Waals surface area contributed by atoms with Crippen LogP contribution in [0, 0.1) is 0 Å². The third-order valence-electron chi connectivity index (χ3n) is 4.02. The summed E-state index contributed by atoms with van der Waals surface area (Å²) >= 11 is 0. The number of hydrogen-bond donors (Lipinski definition) is 0. The molecule has 1 aromatic rings. The zero-order chi connectivity index (χ0) is 11.7. The van der Waals surface area contributed by atoms with E-state index in [-0.39, 0.29) is 0 Å². The average Bonchev–Trinajstić information content (AvgIpc) is 2.28. The number of nitrogens with zero attached hydrogens (tertiary/aromatic N) is 4. The van der Waals surface area contributed by atoms with Crippen molar-refractivity contribution in [1.29, 1.82) is 0 Å². The van der Waals surface area contributed by atoms with E-state index in [1.807, 2.05) is 0 Å². The summed E-state index contributed by atoms with van der Waals surface area (Å²) in [6.45, 7) is 4.42. The molecule has 0 amide bonds. The van der Waals surface area contributed by atoms with Gasteiger partial charge in [-0.05, 0) is 19.9 Å². The fraction of sp³-hybridized carbons (Fsp3) is 0.692. The molecule has 0 atom stereocenters. The molecule has 0 radical (unpaired) electrons. The van der Waals surface area contributed by atoms with E-state index >= 15 is 0 Å². The molecule has 92 valence electrons. The lowest BCUT2D eigenvalue weighted by atomic mass is 9.83. The molecule has 17 heavy (non-hydrogen) atoms. The van der Waals surface area contributed by atoms with E-state index in [1.165, 1.54) is 25.0 Å². The van der Waals surface area contributed by atoms with Gasteiger partial charge in [-0.15, -0.1) is 0 Å². The Bertz CT molecular complexity index is 381. The highest BCUT2D eigenvalue weighted by Gasteiger charge is 2.22. The zero-order valence-corrected chi connectivity index (χ0v) is 10.5. The molecule has 0 bridgehead atoms. The molecule has 1 aromatic heterocycles. The van der Waals surface area contributed by atoms with Gasteiger partial charge in [-0.2, -0.15) is 0 Å². The number of likely N-dealkylation sites (N-methyl/N-ethyl adjacent to an activating group) is 1. The highest BCUT2D eigenvalue weighted by atomic mass is 15.3. The Hall–Kier alpha value is -1.16. The Labute approximate surface area is 103 Å². The number of hydrogen-bond acceptors (Lipinski definition) is 4. The predicted octanol–water partition coefficient (Wildman–Crippen LogP) is 1.50. The molecule has 0 aromatic carbocycles. The van der Waals surface area contributed by atoms with Crippen LogP contribution in [0.4, 0.5) is 5.82 Å². The van der Waals surface area contributed by atoms with Crippen molar-refractivity contribution >= 4 is 5.82 Å². The summed E-state index contributed by atoms with van der Waals surface area (Å²) < 4.78 is 0. The number of anilines is 1. The van der Waals surface area contributed by atoms with Crippen molar-refractivity contribution in [2.45, 2.75) is 25.2 Å². The van der Waals surface area contributed by atoms with E-state index in [2.05, 4.69) is 32.9 Å². The third-order valence-corrected chi connectivity index (χ3v) is 4.02. The van der Waals surface area contributed by atoms with Gasteiger partial charge in [0.25, 0.3) is 0 Å². The van der Waals surface area contributed by atoms with Crippen molar-refractivity contribution in [3.05, 3.63) is 18.1 Å². The van der Waals surface area contributed by atoms with E-state index in [4.69, 9.17) is 0 Å². The summed E-state index contributed by atoms with van der Waals surface area (Å²) in [4.78, 5) is 13.6. The summed E-state index contributed by atoms with van der Waals surface area (Å²) in [7, 11) is 2.18. The first-order chi connectivity index (χ1) is 8.33. The highest BCUT2D eigenvalue weighted by Crippen LogP contribution is 2.35. The van der Waals surface area contributed by atoms with Crippen LogP contribution in [0.3, 0.4) is 0 Å². The quantitative estimate of drug-likeness (QED) is 0.773. The first-order valence-corrected chi connectivity index (χ1v) is 6.58. The topological polar surface area (TPSA) is 32.3 Å². The maximum atomic E-state index is 4.43. The van der Waals surface area contributed by atoms with Gasteiger partial charge < -0.3 is 9.80 Å². The van der Waals surface area contributed by atoms with Crippen LogP contribution >= 0.6 is 0 Å². The molecule has 0 unspecified atom stereocenters. The van der Waals surface area contributed by atoms with Gasteiger partial charge in [-0.1, -0.05) is 6.42 Å². The fourth-order valence-corrected chi connectivity index (χ4v) is 2.50. The second kappa shape index (κ2) is 4.61. The molecule has 1 saturated carbocycles. The van der Waals surface area contributed by atoms with Crippen LogP contribution in [0.1, 0.15) is 30.9 Å². The van der Waals surface area contributed by atoms with Gasteiger partial charge >= 0.3 is 0 Å². The van der Waals surface area contributed by atoms with E-state index in [1.54, 1.807) is 6.33 Å². The van der Waals surface area contributed by atoms with Crippen LogP contribution in [0.5, 0.6) is 0 Å². The molecule has 3 rings (SSSR count). The molecule has 1 saturated heterocycles. The van der Waals surface area contributed by atoms with Crippen molar-refractivity contribution < 1.29 is 0 Å². The first kappa shape index (κ1) is 11.0. The van der Waals surface area contributed by atoms with E-state index in [0.717, 1.165) is 32.0 Å². The number of piperazine rings is 1. The maximum absolute atomic E-state index is 4.43. The minimum atomic E-state index is 0.698. The standard InChI is InChI=1S/C13H20N4/c1-16-5-7-17(8-6-16)13-9-12(14-10-15-13)11-3-2-4-11/h9-11H,2-8H2,1H3. The molecule has 2 heterocycles. The average molecular weight is 232 g/mol. The normalized spacial score (nSPS) is 22.5. The minimum absolute atomic E-state index is 0.698. The van der Waals surface area contributed by atoms with E-state index in [0.29, 0.717) is 5.92 Å². The summed E-state index contributed by atoms with van der Waals surface area (Å²) in [6, 6.07) is 2.20. The van der Waals surface area contributed by atoms with Crippen molar-refractivity contribution in [2.24, 2.45) is 0 Å². The minimum Gasteiger partial charge on any atom is -0.354 e. The van der Waals surface area contributed by atoms with Crippen LogP contribution in [0.2, 0.25) is 0 Å². The molecular formula is C13H20N4. The molecule has 2 fully saturated rings. The van der Waals surface area contributed by atoms with Gasteiger partial charge in [0.05, 0.1) is 0 Å². The summed E-state index contributed by atoms with van der Waals surface area (Å²) in [5, 5.41) is 0. The largest absolute Gasteiger partial charge is 0.354 e. The van der Waals surface area contributed by atoms with Gasteiger partial charge in [0.2, 0.25) is 0 Å². The monoisotopic (exact) mass is 232 g/mol. The Morgan fingerprint density at radius 1 is 1.12 bits per heavy atom. The van der Waals surface area contributed by atoms with E-state index in [9.17, 15) is 0 Å². The second-order valence-corrected chi connectivity index (χ2v) is 5.22. The van der Waals surface area contributed by atoms with Crippen LogP contribution in [0.25, 0.3) is 0 Å². The Morgan fingerprint density at radius 3 is 2.53 bits per heavy atom. The summed E-state index contributed by atoms with van der Waals surface area (Å²) in [5.74, 6) is 1.82. The highest BCUT2D eigenvalue weighted by molar-refractivity contribution is 5.40. The summed E-state index contributed by atoms with van der Waals surface area (Å²) in [6.07, 6.45) is 5.71. The van der Waals surface area contributed by atoms with Gasteiger partial charge in [0, 0.05) is 43.9 Å². The molecule has 2 aliphatic rings. The first-order valence-electron chi connectivity index (χ1n) is 6.58. The lowest BCUT2D eigenvalue weighted by Crippen LogP contribution is -2.44. The molecular weight excluding hydrogens is 212 g/mol. The number of aromatic nitrogens is 2. The summed E-state index contributed by atoms with van der Waals surface area (Å²) in [5.41, 5.74) is 1.25. The molecule has 0 spiro atoms. The van der Waals surface area contributed by atoms with Gasteiger partial charge in [-0.25, -0.2) is 9.97 Å². The van der Waals surface area contributed by atoms with Crippen molar-refractivity contribution in [3.8, 4) is 0 Å².